The summed E-state index contributed by atoms with van der Waals surface area (Å²) in [6.45, 7) is 1.67. The van der Waals surface area contributed by atoms with Gasteiger partial charge in [-0.05, 0) is 55.0 Å². The number of nitrogens with one attached hydrogen (secondary N) is 2. The zero-order chi connectivity index (χ0) is 23.1. The van der Waals surface area contributed by atoms with E-state index in [0.29, 0.717) is 5.69 Å². The lowest BCUT2D eigenvalue weighted by Crippen LogP contribution is -2.22. The van der Waals surface area contributed by atoms with Crippen LogP contribution in [0.5, 0.6) is 0 Å². The van der Waals surface area contributed by atoms with Crippen molar-refractivity contribution in [2.45, 2.75) is 29.7 Å². The van der Waals surface area contributed by atoms with Crippen LogP contribution in [0.3, 0.4) is 0 Å². The molecule has 0 aliphatic heterocycles. The molecule has 32 heavy (non-hydrogen) atoms. The number of rotatable bonds is 7. The van der Waals surface area contributed by atoms with Crippen LogP contribution in [0.1, 0.15) is 18.1 Å². The summed E-state index contributed by atoms with van der Waals surface area (Å²) in [4.78, 5) is 25.3. The van der Waals surface area contributed by atoms with Crippen LogP contribution in [-0.4, -0.2) is 17.1 Å². The predicted octanol–water partition coefficient (Wildman–Crippen LogP) is 6.01. The molecular weight excluding hydrogens is 437 g/mol. The maximum atomic E-state index is 12.8. The van der Waals surface area contributed by atoms with Crippen molar-refractivity contribution in [2.75, 3.05) is 10.6 Å². The van der Waals surface area contributed by atoms with Crippen molar-refractivity contribution < 1.29 is 22.8 Å². The van der Waals surface area contributed by atoms with Gasteiger partial charge in [-0.3, -0.25) is 9.59 Å². The maximum Gasteiger partial charge on any atom is 0.416 e. The fraction of sp³-hybridized carbons (Fsp3) is 0.167. The average Bonchev–Trinajstić information content (AvgIpc) is 2.75. The molecule has 0 aliphatic carbocycles. The fourth-order valence-corrected chi connectivity index (χ4v) is 3.75. The van der Waals surface area contributed by atoms with Gasteiger partial charge in [-0.2, -0.15) is 13.2 Å². The van der Waals surface area contributed by atoms with Gasteiger partial charge in [-0.15, -0.1) is 11.8 Å². The highest BCUT2D eigenvalue weighted by Gasteiger charge is 2.30. The Morgan fingerprint density at radius 2 is 1.56 bits per heavy atom. The van der Waals surface area contributed by atoms with Crippen molar-refractivity contribution in [2.24, 2.45) is 0 Å². The van der Waals surface area contributed by atoms with Gasteiger partial charge < -0.3 is 10.6 Å². The summed E-state index contributed by atoms with van der Waals surface area (Å²) in [6, 6.07) is 20.9. The minimum atomic E-state index is -4.47. The summed E-state index contributed by atoms with van der Waals surface area (Å²) >= 11 is 1.26. The van der Waals surface area contributed by atoms with Crippen molar-refractivity contribution in [3.63, 3.8) is 0 Å². The fourth-order valence-electron chi connectivity index (χ4n) is 2.88. The van der Waals surface area contributed by atoms with E-state index < -0.39 is 22.9 Å². The standard InChI is InChI=1S/C24H21F3N2O2S/c1-16(23(31)29-20-9-5-8-18(15-20)24(25,26)27)32-21-12-10-19(11-13-21)28-22(30)14-17-6-3-2-4-7-17/h2-13,15-16H,14H2,1H3,(H,28,30)(H,29,31). The first-order valence-electron chi connectivity index (χ1n) is 9.79. The number of halogens is 3. The zero-order valence-electron chi connectivity index (χ0n) is 17.1. The molecule has 0 aromatic heterocycles. The lowest BCUT2D eigenvalue weighted by molar-refractivity contribution is -0.137. The van der Waals surface area contributed by atoms with Crippen molar-refractivity contribution >= 4 is 35.0 Å². The predicted molar refractivity (Wildman–Crippen MR) is 121 cm³/mol. The van der Waals surface area contributed by atoms with Crippen LogP contribution in [0.2, 0.25) is 0 Å². The normalized spacial score (nSPS) is 12.1. The molecule has 0 saturated heterocycles. The Bertz CT molecular complexity index is 1070. The molecule has 0 aliphatic rings. The monoisotopic (exact) mass is 458 g/mol. The van der Waals surface area contributed by atoms with Crippen molar-refractivity contribution in [3.05, 3.63) is 90.0 Å². The van der Waals surface area contributed by atoms with E-state index in [1.807, 2.05) is 30.3 Å². The van der Waals surface area contributed by atoms with E-state index >= 15 is 0 Å². The van der Waals surface area contributed by atoms with Crippen molar-refractivity contribution in [3.8, 4) is 0 Å². The van der Waals surface area contributed by atoms with Gasteiger partial charge in [0, 0.05) is 16.3 Å². The molecule has 2 N–H and O–H groups in total. The van der Waals surface area contributed by atoms with Crippen molar-refractivity contribution in [1.82, 2.24) is 0 Å². The van der Waals surface area contributed by atoms with E-state index in [1.54, 1.807) is 31.2 Å². The lowest BCUT2D eigenvalue weighted by atomic mass is 10.1. The van der Waals surface area contributed by atoms with Crippen LogP contribution >= 0.6 is 11.8 Å². The summed E-state index contributed by atoms with van der Waals surface area (Å²) in [5.74, 6) is -0.542. The Morgan fingerprint density at radius 3 is 2.22 bits per heavy atom. The molecule has 1 unspecified atom stereocenters. The molecule has 0 fully saturated rings. The van der Waals surface area contributed by atoms with Crippen LogP contribution in [0, 0.1) is 0 Å². The highest BCUT2D eigenvalue weighted by Crippen LogP contribution is 2.31. The Kier molecular flexibility index (Phi) is 7.58. The van der Waals surface area contributed by atoms with Crippen LogP contribution in [0.4, 0.5) is 24.5 Å². The lowest BCUT2D eigenvalue weighted by Gasteiger charge is -2.14. The first-order chi connectivity index (χ1) is 15.2. The van der Waals surface area contributed by atoms with Gasteiger partial charge >= 0.3 is 6.18 Å². The van der Waals surface area contributed by atoms with Crippen LogP contribution in [0.25, 0.3) is 0 Å². The highest BCUT2D eigenvalue weighted by molar-refractivity contribution is 8.00. The summed E-state index contributed by atoms with van der Waals surface area (Å²) in [5.41, 5.74) is 0.823. The van der Waals surface area contributed by atoms with Gasteiger partial charge in [0.05, 0.1) is 17.2 Å². The number of carbonyl (C=O) groups excluding carboxylic acids is 2. The molecule has 0 bridgehead atoms. The topological polar surface area (TPSA) is 58.2 Å². The minimum absolute atomic E-state index is 0.0914. The summed E-state index contributed by atoms with van der Waals surface area (Å²) in [7, 11) is 0. The van der Waals surface area contributed by atoms with Gasteiger partial charge in [-0.25, -0.2) is 0 Å². The SMILES string of the molecule is CC(Sc1ccc(NC(=O)Cc2ccccc2)cc1)C(=O)Nc1cccc(C(F)(F)F)c1. The quantitative estimate of drug-likeness (QED) is 0.427. The second kappa shape index (κ2) is 10.4. The number of anilines is 2. The number of amides is 2. The van der Waals surface area contributed by atoms with E-state index in [2.05, 4.69) is 10.6 Å². The molecule has 4 nitrogen and oxygen atoms in total. The molecule has 3 rings (SSSR count). The number of hydrogen-bond acceptors (Lipinski definition) is 3. The first kappa shape index (κ1) is 23.4. The second-order valence-corrected chi connectivity index (χ2v) is 8.48. The number of carbonyl (C=O) groups is 2. The molecule has 3 aromatic carbocycles. The molecule has 166 valence electrons. The second-order valence-electron chi connectivity index (χ2n) is 7.06. The highest BCUT2D eigenvalue weighted by atomic mass is 32.2. The van der Waals surface area contributed by atoms with Gasteiger partial charge in [0.1, 0.15) is 0 Å². The molecule has 0 saturated carbocycles. The average molecular weight is 459 g/mol. The molecule has 2 amide bonds. The Balaban J connectivity index is 1.53. The minimum Gasteiger partial charge on any atom is -0.326 e. The Hall–Kier alpha value is -3.26. The molecular formula is C24H21F3N2O2S. The first-order valence-corrected chi connectivity index (χ1v) is 10.7. The maximum absolute atomic E-state index is 12.8. The third-order valence-electron chi connectivity index (χ3n) is 4.49. The Morgan fingerprint density at radius 1 is 0.875 bits per heavy atom. The smallest absolute Gasteiger partial charge is 0.326 e. The van der Waals surface area contributed by atoms with E-state index in [-0.39, 0.29) is 18.0 Å². The van der Waals surface area contributed by atoms with Gasteiger partial charge in [0.15, 0.2) is 0 Å². The number of hydrogen-bond donors (Lipinski definition) is 2. The van der Waals surface area contributed by atoms with Gasteiger partial charge in [-0.1, -0.05) is 36.4 Å². The largest absolute Gasteiger partial charge is 0.416 e. The summed E-state index contributed by atoms with van der Waals surface area (Å²) in [5, 5.41) is 4.80. The van der Waals surface area contributed by atoms with Crippen LogP contribution in [-0.2, 0) is 22.2 Å². The third-order valence-corrected chi connectivity index (χ3v) is 5.60. The van der Waals surface area contributed by atoms with Gasteiger partial charge in [0.2, 0.25) is 11.8 Å². The molecule has 1 atom stereocenters. The van der Waals surface area contributed by atoms with E-state index in [9.17, 15) is 22.8 Å². The van der Waals surface area contributed by atoms with Crippen LogP contribution in [0.15, 0.2) is 83.8 Å². The van der Waals surface area contributed by atoms with Gasteiger partial charge in [0.25, 0.3) is 0 Å². The Labute approximate surface area is 188 Å². The molecule has 0 spiro atoms. The van der Waals surface area contributed by atoms with E-state index in [1.165, 1.54) is 23.9 Å². The molecule has 0 heterocycles. The van der Waals surface area contributed by atoms with E-state index in [0.717, 1.165) is 22.6 Å². The molecule has 8 heteroatoms. The summed E-state index contributed by atoms with van der Waals surface area (Å²) in [6.07, 6.45) is -4.20. The van der Waals surface area contributed by atoms with Crippen LogP contribution < -0.4 is 10.6 Å². The zero-order valence-corrected chi connectivity index (χ0v) is 18.0. The van der Waals surface area contributed by atoms with E-state index in [4.69, 9.17) is 0 Å². The third kappa shape index (κ3) is 6.88. The number of benzene rings is 3. The molecule has 3 aromatic rings. The van der Waals surface area contributed by atoms with Crippen molar-refractivity contribution in [1.29, 1.82) is 0 Å². The summed E-state index contributed by atoms with van der Waals surface area (Å²) < 4.78 is 38.5. The molecule has 0 radical (unpaired) electrons. The number of alkyl halides is 3. The number of thioether (sulfide) groups is 1.